The molecule has 0 aliphatic carbocycles. The van der Waals surface area contributed by atoms with Crippen LogP contribution in [0.1, 0.15) is 51.9 Å². The van der Waals surface area contributed by atoms with Crippen LogP contribution in [-0.4, -0.2) is 72.3 Å². The molecule has 6 rings (SSSR count). The predicted octanol–water partition coefficient (Wildman–Crippen LogP) is 5.81. The Hall–Kier alpha value is -4.03. The highest BCUT2D eigenvalue weighted by Gasteiger charge is 2.50. The maximum atomic E-state index is 15.2. The number of rotatable bonds is 7. The molecule has 1 aromatic heterocycles. The third-order valence-corrected chi connectivity index (χ3v) is 9.82. The SMILES string of the molecule is CS(=O)(=O)c1ccc(CN2CCC(c3c(C(=O)N4CC(c5ccccc5)C(F)(F)C4)cnn3-c3ccc(F)cc3)CC2)cc1F. The van der Waals surface area contributed by atoms with Crippen LogP contribution in [0.4, 0.5) is 17.6 Å². The molecule has 2 aliphatic rings. The van der Waals surface area contributed by atoms with E-state index in [1.54, 1.807) is 53.2 Å². The van der Waals surface area contributed by atoms with Crippen molar-refractivity contribution in [3.63, 3.8) is 0 Å². The molecule has 4 aromatic rings. The van der Waals surface area contributed by atoms with E-state index in [4.69, 9.17) is 0 Å². The Morgan fingerprint density at radius 2 is 1.67 bits per heavy atom. The Kier molecular flexibility index (Phi) is 8.30. The van der Waals surface area contributed by atoms with E-state index < -0.39 is 45.8 Å². The highest BCUT2D eigenvalue weighted by atomic mass is 32.2. The first-order chi connectivity index (χ1) is 21.4. The van der Waals surface area contributed by atoms with Crippen LogP contribution in [-0.2, 0) is 16.4 Å². The summed E-state index contributed by atoms with van der Waals surface area (Å²) in [6, 6.07) is 18.3. The number of nitrogens with zero attached hydrogens (tertiary/aromatic N) is 4. The van der Waals surface area contributed by atoms with Crippen molar-refractivity contribution in [3.8, 4) is 5.69 Å². The molecule has 236 valence electrons. The Morgan fingerprint density at radius 3 is 2.31 bits per heavy atom. The number of carbonyl (C=O) groups is 1. The van der Waals surface area contributed by atoms with E-state index in [-0.39, 0.29) is 22.9 Å². The first-order valence-electron chi connectivity index (χ1n) is 14.7. The first-order valence-corrected chi connectivity index (χ1v) is 16.6. The number of benzene rings is 3. The van der Waals surface area contributed by atoms with Crippen molar-refractivity contribution < 1.29 is 30.8 Å². The van der Waals surface area contributed by atoms with E-state index in [9.17, 15) is 22.0 Å². The zero-order chi connectivity index (χ0) is 31.9. The summed E-state index contributed by atoms with van der Waals surface area (Å²) in [5, 5.41) is 4.48. The fourth-order valence-corrected chi connectivity index (χ4v) is 7.14. The van der Waals surface area contributed by atoms with Gasteiger partial charge in [-0.1, -0.05) is 36.4 Å². The summed E-state index contributed by atoms with van der Waals surface area (Å²) >= 11 is 0. The van der Waals surface area contributed by atoms with Crippen molar-refractivity contribution in [1.82, 2.24) is 19.6 Å². The van der Waals surface area contributed by atoms with Crippen molar-refractivity contribution >= 4 is 15.7 Å². The van der Waals surface area contributed by atoms with Gasteiger partial charge in [0.2, 0.25) is 0 Å². The molecule has 0 N–H and O–H groups in total. The molecule has 3 aromatic carbocycles. The number of hydrogen-bond donors (Lipinski definition) is 0. The van der Waals surface area contributed by atoms with E-state index in [0.717, 1.165) is 6.26 Å². The van der Waals surface area contributed by atoms with Gasteiger partial charge >= 0.3 is 0 Å². The summed E-state index contributed by atoms with van der Waals surface area (Å²) in [6.45, 7) is 0.727. The van der Waals surface area contributed by atoms with Gasteiger partial charge in [-0.25, -0.2) is 30.7 Å². The molecule has 3 heterocycles. The number of hydrogen-bond acceptors (Lipinski definition) is 5. The number of carbonyl (C=O) groups excluding carboxylic acids is 1. The van der Waals surface area contributed by atoms with Crippen molar-refractivity contribution in [2.75, 3.05) is 32.4 Å². The molecule has 0 radical (unpaired) electrons. The zero-order valence-corrected chi connectivity index (χ0v) is 25.4. The lowest BCUT2D eigenvalue weighted by molar-refractivity contribution is -0.00244. The van der Waals surface area contributed by atoms with Gasteiger partial charge in [-0.05, 0) is 73.5 Å². The maximum absolute atomic E-state index is 15.2. The smallest absolute Gasteiger partial charge is 0.273 e. The molecule has 2 aliphatic heterocycles. The molecule has 1 atom stereocenters. The van der Waals surface area contributed by atoms with E-state index in [1.807, 2.05) is 0 Å². The van der Waals surface area contributed by atoms with Gasteiger partial charge < -0.3 is 4.90 Å². The lowest BCUT2D eigenvalue weighted by atomic mass is 9.90. The highest BCUT2D eigenvalue weighted by Crippen LogP contribution is 2.42. The Labute approximate surface area is 259 Å². The molecule has 0 spiro atoms. The van der Waals surface area contributed by atoms with Crippen LogP contribution in [0.2, 0.25) is 0 Å². The zero-order valence-electron chi connectivity index (χ0n) is 24.5. The molecular formula is C33H32F4N4O3S. The number of alkyl halides is 2. The van der Waals surface area contributed by atoms with Crippen molar-refractivity contribution in [2.24, 2.45) is 0 Å². The quantitative estimate of drug-likeness (QED) is 0.239. The van der Waals surface area contributed by atoms with Crippen LogP contribution in [0.5, 0.6) is 0 Å². The molecule has 12 heteroatoms. The Morgan fingerprint density at radius 1 is 0.978 bits per heavy atom. The minimum atomic E-state index is -3.68. The topological polar surface area (TPSA) is 75.5 Å². The number of likely N-dealkylation sites (tertiary alicyclic amines) is 2. The highest BCUT2D eigenvalue weighted by molar-refractivity contribution is 7.90. The van der Waals surface area contributed by atoms with Gasteiger partial charge in [0.1, 0.15) is 16.5 Å². The average molecular weight is 641 g/mol. The first kappa shape index (κ1) is 31.0. The summed E-state index contributed by atoms with van der Waals surface area (Å²) in [5.41, 5.74) is 2.47. The monoisotopic (exact) mass is 640 g/mol. The lowest BCUT2D eigenvalue weighted by Gasteiger charge is -2.33. The second kappa shape index (κ2) is 12.1. The van der Waals surface area contributed by atoms with Crippen LogP contribution in [0.15, 0.2) is 83.9 Å². The van der Waals surface area contributed by atoms with Crippen LogP contribution in [0.3, 0.4) is 0 Å². The van der Waals surface area contributed by atoms with Crippen LogP contribution < -0.4 is 0 Å². The maximum Gasteiger partial charge on any atom is 0.273 e. The Bertz CT molecular complexity index is 1810. The largest absolute Gasteiger partial charge is 0.332 e. The summed E-state index contributed by atoms with van der Waals surface area (Å²) in [4.78, 5) is 16.9. The van der Waals surface area contributed by atoms with E-state index in [0.29, 0.717) is 55.0 Å². The molecule has 1 unspecified atom stereocenters. The van der Waals surface area contributed by atoms with Gasteiger partial charge in [0.15, 0.2) is 9.84 Å². The van der Waals surface area contributed by atoms with E-state index in [2.05, 4.69) is 10.00 Å². The minimum absolute atomic E-state index is 0.135. The second-order valence-electron chi connectivity index (χ2n) is 11.8. The molecule has 45 heavy (non-hydrogen) atoms. The second-order valence-corrected chi connectivity index (χ2v) is 13.8. The number of sulfone groups is 1. The van der Waals surface area contributed by atoms with Gasteiger partial charge in [-0.3, -0.25) is 9.69 Å². The fraction of sp³-hybridized carbons (Fsp3) is 0.333. The molecule has 0 bridgehead atoms. The number of piperidine rings is 1. The number of halogens is 4. The van der Waals surface area contributed by atoms with E-state index in [1.165, 1.54) is 35.4 Å². The number of amides is 1. The lowest BCUT2D eigenvalue weighted by Crippen LogP contribution is -2.35. The van der Waals surface area contributed by atoms with Crippen molar-refractivity contribution in [1.29, 1.82) is 0 Å². The molecular weight excluding hydrogens is 608 g/mol. The van der Waals surface area contributed by atoms with Gasteiger partial charge in [-0.15, -0.1) is 0 Å². The minimum Gasteiger partial charge on any atom is -0.332 e. The predicted molar refractivity (Wildman–Crippen MR) is 160 cm³/mol. The van der Waals surface area contributed by atoms with Crippen LogP contribution in [0, 0.1) is 11.6 Å². The van der Waals surface area contributed by atoms with E-state index >= 15 is 8.78 Å². The van der Waals surface area contributed by atoms with Gasteiger partial charge in [-0.2, -0.15) is 5.10 Å². The third kappa shape index (κ3) is 6.39. The van der Waals surface area contributed by atoms with Gasteiger partial charge in [0, 0.05) is 25.3 Å². The molecule has 7 nitrogen and oxygen atoms in total. The molecule has 0 saturated carbocycles. The fourth-order valence-electron chi connectivity index (χ4n) is 6.41. The summed E-state index contributed by atoms with van der Waals surface area (Å²) < 4.78 is 83.8. The van der Waals surface area contributed by atoms with Crippen molar-refractivity contribution in [2.45, 2.75) is 42.0 Å². The third-order valence-electron chi connectivity index (χ3n) is 8.69. The number of aromatic nitrogens is 2. The summed E-state index contributed by atoms with van der Waals surface area (Å²) in [5.74, 6) is -6.14. The van der Waals surface area contributed by atoms with Crippen LogP contribution in [0.25, 0.3) is 5.69 Å². The van der Waals surface area contributed by atoms with Crippen molar-refractivity contribution in [3.05, 3.63) is 113 Å². The van der Waals surface area contributed by atoms with Crippen LogP contribution >= 0.6 is 0 Å². The molecule has 2 fully saturated rings. The Balaban J connectivity index is 1.24. The molecule has 2 saturated heterocycles. The molecule has 1 amide bonds. The normalized spacial score (nSPS) is 19.2. The summed E-state index contributed by atoms with van der Waals surface area (Å²) in [7, 11) is -3.68. The van der Waals surface area contributed by atoms with Gasteiger partial charge in [0.05, 0.1) is 35.6 Å². The standard InChI is InChI=1S/C33H32F4N4O3S/c1-45(43,44)30-12-7-22(17-29(30)35)19-39-15-13-24(14-16-39)31-27(18-38-41(31)26-10-8-25(34)9-11-26)32(42)40-20-28(33(36,37)21-40)23-5-3-2-4-6-23/h2-12,17-18,24,28H,13-16,19-21H2,1H3. The van der Waals surface area contributed by atoms with Gasteiger partial charge in [0.25, 0.3) is 11.8 Å². The average Bonchev–Trinajstić information content (AvgIpc) is 3.58. The summed E-state index contributed by atoms with van der Waals surface area (Å²) in [6.07, 6.45) is 3.57.